The summed E-state index contributed by atoms with van der Waals surface area (Å²) in [6.07, 6.45) is 2.26. The number of nitrogens with zero attached hydrogens (tertiary/aromatic N) is 1. The molecule has 20 heavy (non-hydrogen) atoms. The Morgan fingerprint density at radius 3 is 2.45 bits per heavy atom. The van der Waals surface area contributed by atoms with Gasteiger partial charge in [-0.15, -0.1) is 0 Å². The molecule has 0 aliphatic rings. The molecule has 110 valence electrons. The molecule has 0 saturated heterocycles. The van der Waals surface area contributed by atoms with Crippen LogP contribution in [0.4, 0.5) is 0 Å². The monoisotopic (exact) mass is 280 g/mol. The molecule has 0 spiro atoms. The highest BCUT2D eigenvalue weighted by molar-refractivity contribution is 5.85. The Balaban J connectivity index is 2.98. The first kappa shape index (κ1) is 15.9. The number of hydrogen-bond donors (Lipinski definition) is 2. The number of carbonyl (C=O) groups is 2. The lowest BCUT2D eigenvalue weighted by Crippen LogP contribution is -2.45. The summed E-state index contributed by atoms with van der Waals surface area (Å²) in [4.78, 5) is 35.0. The van der Waals surface area contributed by atoms with E-state index in [4.69, 9.17) is 5.11 Å². The van der Waals surface area contributed by atoms with Gasteiger partial charge in [0.15, 0.2) is 0 Å². The number of aliphatic carboxylic acids is 1. The van der Waals surface area contributed by atoms with Crippen LogP contribution < -0.4 is 10.9 Å². The Labute approximate surface area is 117 Å². The predicted molar refractivity (Wildman–Crippen MR) is 74.6 cm³/mol. The van der Waals surface area contributed by atoms with Gasteiger partial charge in [0.2, 0.25) is 5.91 Å². The Morgan fingerprint density at radius 2 is 2.00 bits per heavy atom. The topological polar surface area (TPSA) is 88.4 Å². The Bertz CT molecular complexity index is 550. The van der Waals surface area contributed by atoms with Crippen molar-refractivity contribution in [2.45, 2.75) is 45.7 Å². The fraction of sp³-hybridized carbons (Fsp3) is 0.500. The minimum absolute atomic E-state index is 0.268. The Hall–Kier alpha value is -2.11. The lowest BCUT2D eigenvalue weighted by Gasteiger charge is -2.20. The quantitative estimate of drug-likeness (QED) is 0.816. The van der Waals surface area contributed by atoms with Gasteiger partial charge in [0, 0.05) is 12.3 Å². The summed E-state index contributed by atoms with van der Waals surface area (Å²) in [5.74, 6) is -1.53. The zero-order chi connectivity index (χ0) is 15.3. The summed E-state index contributed by atoms with van der Waals surface area (Å²) < 4.78 is 1.33. The average Bonchev–Trinajstić information content (AvgIpc) is 2.38. The largest absolute Gasteiger partial charge is 0.480 e. The molecule has 0 aliphatic carbocycles. The molecule has 6 heteroatoms. The number of aryl methyl sites for hydroxylation is 1. The lowest BCUT2D eigenvalue weighted by atomic mass is 10.1. The SMILES string of the molecule is CCC(NC(=O)C(CC)n1ccc(C)cc1=O)C(=O)O. The molecule has 0 saturated carbocycles. The van der Waals surface area contributed by atoms with E-state index in [1.807, 2.05) is 0 Å². The van der Waals surface area contributed by atoms with Crippen LogP contribution in [0, 0.1) is 6.92 Å². The van der Waals surface area contributed by atoms with E-state index >= 15 is 0 Å². The van der Waals surface area contributed by atoms with Crippen molar-refractivity contribution in [2.24, 2.45) is 0 Å². The molecule has 2 N–H and O–H groups in total. The molecular weight excluding hydrogens is 260 g/mol. The second kappa shape index (κ2) is 6.88. The molecule has 0 bridgehead atoms. The van der Waals surface area contributed by atoms with E-state index in [0.717, 1.165) is 5.56 Å². The number of amides is 1. The summed E-state index contributed by atoms with van der Waals surface area (Å²) in [5, 5.41) is 11.4. The normalized spacial score (nSPS) is 13.6. The second-order valence-corrected chi connectivity index (χ2v) is 4.68. The molecule has 1 aromatic rings. The van der Waals surface area contributed by atoms with Gasteiger partial charge >= 0.3 is 5.97 Å². The zero-order valence-corrected chi connectivity index (χ0v) is 11.9. The van der Waals surface area contributed by atoms with Crippen molar-refractivity contribution in [1.82, 2.24) is 9.88 Å². The molecule has 2 atom stereocenters. The molecule has 2 unspecified atom stereocenters. The van der Waals surface area contributed by atoms with E-state index in [1.54, 1.807) is 33.0 Å². The maximum atomic E-state index is 12.2. The number of aromatic nitrogens is 1. The molecule has 6 nitrogen and oxygen atoms in total. The third kappa shape index (κ3) is 3.69. The van der Waals surface area contributed by atoms with E-state index in [0.29, 0.717) is 12.8 Å². The minimum Gasteiger partial charge on any atom is -0.480 e. The van der Waals surface area contributed by atoms with Gasteiger partial charge in [-0.3, -0.25) is 9.59 Å². The highest BCUT2D eigenvalue weighted by atomic mass is 16.4. The van der Waals surface area contributed by atoms with Crippen molar-refractivity contribution >= 4 is 11.9 Å². The van der Waals surface area contributed by atoms with Crippen LogP contribution in [0.2, 0.25) is 0 Å². The number of pyridine rings is 1. The lowest BCUT2D eigenvalue weighted by molar-refractivity contribution is -0.142. The number of carbonyl (C=O) groups excluding carboxylic acids is 1. The van der Waals surface area contributed by atoms with Gasteiger partial charge < -0.3 is 15.0 Å². The van der Waals surface area contributed by atoms with Crippen LogP contribution in [0.15, 0.2) is 23.1 Å². The van der Waals surface area contributed by atoms with Crippen LogP contribution in [0.1, 0.15) is 38.3 Å². The van der Waals surface area contributed by atoms with Gasteiger partial charge in [-0.25, -0.2) is 4.79 Å². The maximum absolute atomic E-state index is 12.2. The number of rotatable bonds is 6. The number of nitrogens with one attached hydrogen (secondary N) is 1. The maximum Gasteiger partial charge on any atom is 0.326 e. The third-order valence-electron chi connectivity index (χ3n) is 3.15. The average molecular weight is 280 g/mol. The van der Waals surface area contributed by atoms with Crippen molar-refractivity contribution in [2.75, 3.05) is 0 Å². The van der Waals surface area contributed by atoms with E-state index in [2.05, 4.69) is 5.32 Å². The van der Waals surface area contributed by atoms with Crippen molar-refractivity contribution in [1.29, 1.82) is 0 Å². The van der Waals surface area contributed by atoms with Crippen LogP contribution in [0.5, 0.6) is 0 Å². The molecule has 1 amide bonds. The van der Waals surface area contributed by atoms with Crippen molar-refractivity contribution < 1.29 is 14.7 Å². The summed E-state index contributed by atoms with van der Waals surface area (Å²) >= 11 is 0. The first-order valence-electron chi connectivity index (χ1n) is 6.62. The summed E-state index contributed by atoms with van der Waals surface area (Å²) in [5.41, 5.74) is 0.550. The van der Waals surface area contributed by atoms with Gasteiger partial charge in [0.1, 0.15) is 12.1 Å². The van der Waals surface area contributed by atoms with Crippen LogP contribution in [-0.4, -0.2) is 27.6 Å². The molecule has 0 fully saturated rings. The zero-order valence-electron chi connectivity index (χ0n) is 11.9. The molecule has 0 radical (unpaired) electrons. The summed E-state index contributed by atoms with van der Waals surface area (Å²) in [6.45, 7) is 5.25. The van der Waals surface area contributed by atoms with E-state index in [1.165, 1.54) is 10.6 Å². The van der Waals surface area contributed by atoms with Gasteiger partial charge in [0.05, 0.1) is 0 Å². The highest BCUT2D eigenvalue weighted by Crippen LogP contribution is 2.10. The summed E-state index contributed by atoms with van der Waals surface area (Å²) in [6, 6.07) is 1.56. The van der Waals surface area contributed by atoms with Gasteiger partial charge in [-0.1, -0.05) is 13.8 Å². The van der Waals surface area contributed by atoms with Crippen LogP contribution in [-0.2, 0) is 9.59 Å². The third-order valence-corrected chi connectivity index (χ3v) is 3.15. The first-order valence-corrected chi connectivity index (χ1v) is 6.62. The van der Waals surface area contributed by atoms with Gasteiger partial charge in [-0.2, -0.15) is 0 Å². The van der Waals surface area contributed by atoms with Crippen molar-refractivity contribution in [3.05, 3.63) is 34.2 Å². The van der Waals surface area contributed by atoms with E-state index in [9.17, 15) is 14.4 Å². The van der Waals surface area contributed by atoms with Crippen LogP contribution in [0.3, 0.4) is 0 Å². The first-order chi connectivity index (χ1) is 9.40. The number of carboxylic acids is 1. The van der Waals surface area contributed by atoms with E-state index in [-0.39, 0.29) is 5.56 Å². The van der Waals surface area contributed by atoms with Gasteiger partial charge in [0.25, 0.3) is 5.56 Å². The molecule has 1 rings (SSSR count). The summed E-state index contributed by atoms with van der Waals surface area (Å²) in [7, 11) is 0. The highest BCUT2D eigenvalue weighted by Gasteiger charge is 2.24. The molecule has 0 aromatic carbocycles. The number of hydrogen-bond acceptors (Lipinski definition) is 3. The van der Waals surface area contributed by atoms with E-state index < -0.39 is 24.0 Å². The van der Waals surface area contributed by atoms with Gasteiger partial charge in [-0.05, 0) is 31.4 Å². The second-order valence-electron chi connectivity index (χ2n) is 4.68. The number of carboxylic acid groups (broad SMARTS) is 1. The van der Waals surface area contributed by atoms with Crippen molar-refractivity contribution in [3.63, 3.8) is 0 Å². The smallest absolute Gasteiger partial charge is 0.326 e. The molecular formula is C14H20N2O4. The standard InChI is InChI=1S/C14H20N2O4/c1-4-10(14(19)20)15-13(18)11(5-2)16-7-6-9(3)8-12(16)17/h6-8,10-11H,4-5H2,1-3H3,(H,15,18)(H,19,20). The van der Waals surface area contributed by atoms with Crippen LogP contribution in [0.25, 0.3) is 0 Å². The van der Waals surface area contributed by atoms with Crippen molar-refractivity contribution in [3.8, 4) is 0 Å². The fourth-order valence-corrected chi connectivity index (χ4v) is 1.96. The Morgan fingerprint density at radius 1 is 1.35 bits per heavy atom. The molecule has 1 heterocycles. The Kier molecular flexibility index (Phi) is 5.49. The van der Waals surface area contributed by atoms with Crippen LogP contribution >= 0.6 is 0 Å². The molecule has 1 aromatic heterocycles. The fourth-order valence-electron chi connectivity index (χ4n) is 1.96. The predicted octanol–water partition coefficient (Wildman–Crippen LogP) is 1.09. The minimum atomic E-state index is -1.08. The molecule has 0 aliphatic heterocycles.